The molecule has 0 saturated carbocycles. The number of Topliss-reactive ketones (excluding diaryl/α,β-unsaturated/α-hetero) is 1. The van der Waals surface area contributed by atoms with Gasteiger partial charge in [-0.05, 0) is 25.1 Å². The molecule has 24 heavy (non-hydrogen) atoms. The molecule has 0 amide bonds. The van der Waals surface area contributed by atoms with E-state index < -0.39 is 0 Å². The molecular formula is C19H15BrN2O2. The molecule has 3 rings (SSSR count). The largest absolute Gasteiger partial charge is 0.292 e. The molecular weight excluding hydrogens is 368 g/mol. The van der Waals surface area contributed by atoms with Gasteiger partial charge in [0.2, 0.25) is 0 Å². The van der Waals surface area contributed by atoms with E-state index in [4.69, 9.17) is 0 Å². The van der Waals surface area contributed by atoms with Crippen LogP contribution in [0, 0.1) is 6.92 Å². The SMILES string of the molecule is Cc1ccc(C(=O)Cn2nc(-c3ccc(Br)cc3)ccc2=O)cc1. The summed E-state index contributed by atoms with van der Waals surface area (Å²) in [5.74, 6) is -0.141. The second-order valence-electron chi connectivity index (χ2n) is 5.51. The minimum Gasteiger partial charge on any atom is -0.292 e. The monoisotopic (exact) mass is 382 g/mol. The van der Waals surface area contributed by atoms with Crippen LogP contribution in [0.4, 0.5) is 0 Å². The Morgan fingerprint density at radius 2 is 1.67 bits per heavy atom. The Bertz CT molecular complexity index is 929. The smallest absolute Gasteiger partial charge is 0.267 e. The first-order chi connectivity index (χ1) is 11.5. The van der Waals surface area contributed by atoms with Crippen LogP contribution in [0.2, 0.25) is 0 Å². The third-order valence-electron chi connectivity index (χ3n) is 3.67. The summed E-state index contributed by atoms with van der Waals surface area (Å²) in [5.41, 5.74) is 2.90. The second kappa shape index (κ2) is 6.93. The topological polar surface area (TPSA) is 52.0 Å². The molecule has 0 saturated heterocycles. The summed E-state index contributed by atoms with van der Waals surface area (Å²) in [6.45, 7) is 1.88. The molecule has 120 valence electrons. The first-order valence-corrected chi connectivity index (χ1v) is 8.26. The van der Waals surface area contributed by atoms with Gasteiger partial charge in [-0.1, -0.05) is 57.9 Å². The molecule has 0 radical (unpaired) electrons. The van der Waals surface area contributed by atoms with E-state index >= 15 is 0 Å². The molecule has 0 N–H and O–H groups in total. The first kappa shape index (κ1) is 16.3. The van der Waals surface area contributed by atoms with Crippen LogP contribution in [0.5, 0.6) is 0 Å². The quantitative estimate of drug-likeness (QED) is 0.643. The molecule has 0 unspecified atom stereocenters. The highest BCUT2D eigenvalue weighted by Gasteiger charge is 2.10. The number of benzene rings is 2. The van der Waals surface area contributed by atoms with Crippen molar-refractivity contribution in [1.29, 1.82) is 0 Å². The predicted molar refractivity (Wildman–Crippen MR) is 97.1 cm³/mol. The van der Waals surface area contributed by atoms with E-state index in [-0.39, 0.29) is 17.9 Å². The maximum Gasteiger partial charge on any atom is 0.267 e. The van der Waals surface area contributed by atoms with E-state index in [2.05, 4.69) is 21.0 Å². The Kier molecular flexibility index (Phi) is 4.71. The lowest BCUT2D eigenvalue weighted by atomic mass is 10.1. The average Bonchev–Trinajstić information content (AvgIpc) is 2.58. The highest BCUT2D eigenvalue weighted by Crippen LogP contribution is 2.18. The number of carbonyl (C=O) groups excluding carboxylic acids is 1. The summed E-state index contributed by atoms with van der Waals surface area (Å²) in [6.07, 6.45) is 0. The normalized spacial score (nSPS) is 10.6. The van der Waals surface area contributed by atoms with Gasteiger partial charge in [-0.15, -0.1) is 0 Å². The van der Waals surface area contributed by atoms with Gasteiger partial charge in [-0.3, -0.25) is 9.59 Å². The number of carbonyl (C=O) groups is 1. The highest BCUT2D eigenvalue weighted by molar-refractivity contribution is 9.10. The molecule has 0 fully saturated rings. The van der Waals surface area contributed by atoms with Crippen molar-refractivity contribution in [2.45, 2.75) is 13.5 Å². The molecule has 0 atom stereocenters. The van der Waals surface area contributed by atoms with Crippen molar-refractivity contribution in [3.05, 3.63) is 86.6 Å². The Balaban J connectivity index is 1.89. The van der Waals surface area contributed by atoms with Gasteiger partial charge in [-0.2, -0.15) is 5.10 Å². The fraction of sp³-hybridized carbons (Fsp3) is 0.105. The van der Waals surface area contributed by atoms with E-state index in [0.29, 0.717) is 11.3 Å². The van der Waals surface area contributed by atoms with Crippen molar-refractivity contribution >= 4 is 21.7 Å². The van der Waals surface area contributed by atoms with Crippen molar-refractivity contribution < 1.29 is 4.79 Å². The van der Waals surface area contributed by atoms with Gasteiger partial charge >= 0.3 is 0 Å². The van der Waals surface area contributed by atoms with Crippen LogP contribution >= 0.6 is 15.9 Å². The summed E-state index contributed by atoms with van der Waals surface area (Å²) in [6, 6.07) is 18.0. The molecule has 1 heterocycles. The number of aromatic nitrogens is 2. The van der Waals surface area contributed by atoms with Crippen molar-refractivity contribution in [3.63, 3.8) is 0 Å². The zero-order valence-electron chi connectivity index (χ0n) is 13.1. The maximum atomic E-state index is 12.4. The number of aryl methyl sites for hydroxylation is 1. The minimum atomic E-state index is -0.295. The number of hydrogen-bond acceptors (Lipinski definition) is 3. The van der Waals surface area contributed by atoms with Crippen molar-refractivity contribution in [3.8, 4) is 11.3 Å². The number of ketones is 1. The zero-order valence-corrected chi connectivity index (χ0v) is 14.7. The molecule has 3 aromatic rings. The number of halogens is 1. The van der Waals surface area contributed by atoms with Crippen LogP contribution in [-0.2, 0) is 6.54 Å². The highest BCUT2D eigenvalue weighted by atomic mass is 79.9. The molecule has 0 spiro atoms. The molecule has 5 heteroatoms. The molecule has 4 nitrogen and oxygen atoms in total. The van der Waals surface area contributed by atoms with Gasteiger partial charge in [0.1, 0.15) is 6.54 Å². The predicted octanol–water partition coefficient (Wildman–Crippen LogP) is 3.86. The Morgan fingerprint density at radius 1 is 1.00 bits per heavy atom. The summed E-state index contributed by atoms with van der Waals surface area (Å²) in [4.78, 5) is 24.4. The minimum absolute atomic E-state index is 0.0771. The van der Waals surface area contributed by atoms with Crippen LogP contribution in [0.1, 0.15) is 15.9 Å². The second-order valence-corrected chi connectivity index (χ2v) is 6.43. The third-order valence-corrected chi connectivity index (χ3v) is 4.20. The lowest BCUT2D eigenvalue weighted by Gasteiger charge is -2.07. The van der Waals surface area contributed by atoms with E-state index in [1.165, 1.54) is 10.7 Å². The molecule has 0 aliphatic heterocycles. The molecule has 2 aromatic carbocycles. The van der Waals surface area contributed by atoms with Crippen molar-refractivity contribution in [2.75, 3.05) is 0 Å². The van der Waals surface area contributed by atoms with Crippen LogP contribution in [0.3, 0.4) is 0 Å². The van der Waals surface area contributed by atoms with Gasteiger partial charge in [0.25, 0.3) is 5.56 Å². The van der Waals surface area contributed by atoms with Crippen molar-refractivity contribution in [1.82, 2.24) is 9.78 Å². The van der Waals surface area contributed by atoms with Gasteiger partial charge in [0.15, 0.2) is 5.78 Å². The van der Waals surface area contributed by atoms with E-state index in [9.17, 15) is 9.59 Å². The maximum absolute atomic E-state index is 12.4. The fourth-order valence-electron chi connectivity index (χ4n) is 2.30. The lowest BCUT2D eigenvalue weighted by molar-refractivity contribution is 0.0966. The van der Waals surface area contributed by atoms with Gasteiger partial charge in [0, 0.05) is 21.7 Å². The van der Waals surface area contributed by atoms with Crippen LogP contribution in [0.25, 0.3) is 11.3 Å². The number of hydrogen-bond donors (Lipinski definition) is 0. The molecule has 0 aliphatic carbocycles. The standard InChI is InChI=1S/C19H15BrN2O2/c1-13-2-4-15(5-3-13)18(23)12-22-19(24)11-10-17(21-22)14-6-8-16(20)9-7-14/h2-11H,12H2,1H3. The van der Waals surface area contributed by atoms with Crippen LogP contribution in [-0.4, -0.2) is 15.6 Å². The number of nitrogens with zero attached hydrogens (tertiary/aromatic N) is 2. The summed E-state index contributed by atoms with van der Waals surface area (Å²) < 4.78 is 2.17. The van der Waals surface area contributed by atoms with Gasteiger partial charge < -0.3 is 0 Å². The lowest BCUT2D eigenvalue weighted by Crippen LogP contribution is -2.26. The molecule has 0 aliphatic rings. The average molecular weight is 383 g/mol. The van der Waals surface area contributed by atoms with E-state index in [1.54, 1.807) is 18.2 Å². The Labute approximate surface area is 147 Å². The first-order valence-electron chi connectivity index (χ1n) is 7.47. The third kappa shape index (κ3) is 3.68. The Morgan fingerprint density at radius 3 is 2.33 bits per heavy atom. The van der Waals surface area contributed by atoms with Gasteiger partial charge in [-0.25, -0.2) is 4.68 Å². The van der Waals surface area contributed by atoms with Crippen LogP contribution < -0.4 is 5.56 Å². The molecule has 1 aromatic heterocycles. The zero-order chi connectivity index (χ0) is 17.1. The van der Waals surface area contributed by atoms with Crippen molar-refractivity contribution in [2.24, 2.45) is 0 Å². The summed E-state index contributed by atoms with van der Waals surface area (Å²) >= 11 is 3.39. The summed E-state index contributed by atoms with van der Waals surface area (Å²) in [5, 5.41) is 4.32. The Hall–Kier alpha value is -2.53. The van der Waals surface area contributed by atoms with Crippen LogP contribution in [0.15, 0.2) is 69.9 Å². The van der Waals surface area contributed by atoms with Gasteiger partial charge in [0.05, 0.1) is 5.69 Å². The fourth-order valence-corrected chi connectivity index (χ4v) is 2.57. The summed E-state index contributed by atoms with van der Waals surface area (Å²) in [7, 11) is 0. The number of rotatable bonds is 4. The molecule has 0 bridgehead atoms. The van der Waals surface area contributed by atoms with E-state index in [0.717, 1.165) is 15.6 Å². The van der Waals surface area contributed by atoms with E-state index in [1.807, 2.05) is 43.3 Å².